The van der Waals surface area contributed by atoms with Crippen molar-refractivity contribution in [1.82, 2.24) is 0 Å². The molecule has 2 unspecified atom stereocenters. The van der Waals surface area contributed by atoms with E-state index in [1.165, 1.54) is 6.92 Å². The van der Waals surface area contributed by atoms with Crippen molar-refractivity contribution >= 4 is 21.5 Å². The van der Waals surface area contributed by atoms with Gasteiger partial charge in [0.15, 0.2) is 15.5 Å². The Kier molecular flexibility index (Phi) is 9.45. The van der Waals surface area contributed by atoms with Crippen LogP contribution >= 0.6 is 0 Å². The van der Waals surface area contributed by atoms with Crippen molar-refractivity contribution in [3.63, 3.8) is 0 Å². The molecule has 0 aromatic carbocycles. The molecule has 4 nitrogen and oxygen atoms in total. The summed E-state index contributed by atoms with van der Waals surface area (Å²) in [5.74, 6) is -2.47. The first-order valence-corrected chi connectivity index (χ1v) is 9.02. The number of hydrogen-bond acceptors (Lipinski definition) is 3. The van der Waals surface area contributed by atoms with Crippen LogP contribution in [-0.4, -0.2) is 32.7 Å². The van der Waals surface area contributed by atoms with Gasteiger partial charge >= 0.3 is 5.97 Å². The number of carbonyl (C=O) groups excluding carboxylic acids is 1. The molecule has 5 heteroatoms. The van der Waals surface area contributed by atoms with Crippen molar-refractivity contribution in [3.05, 3.63) is 12.2 Å². The average Bonchev–Trinajstić information content (AvgIpc) is 2.39. The number of aliphatic carboxylic acids is 1. The van der Waals surface area contributed by atoms with E-state index in [2.05, 4.69) is 27.7 Å². The van der Waals surface area contributed by atoms with E-state index in [-0.39, 0.29) is 10.8 Å². The molecular weight excluding hydrogens is 284 g/mol. The van der Waals surface area contributed by atoms with Gasteiger partial charge in [-0.05, 0) is 24.8 Å². The van der Waals surface area contributed by atoms with E-state index >= 15 is 0 Å². The molecule has 0 spiro atoms. The molecular formula is C16H30O4Si. The minimum atomic E-state index is -1.09. The van der Waals surface area contributed by atoms with Crippen LogP contribution in [0.3, 0.4) is 0 Å². The maximum Gasteiger partial charge on any atom is 0.313 e. The Morgan fingerprint density at radius 3 is 2.38 bits per heavy atom. The van der Waals surface area contributed by atoms with Crippen molar-refractivity contribution in [1.29, 1.82) is 0 Å². The van der Waals surface area contributed by atoms with E-state index in [9.17, 15) is 9.59 Å². The van der Waals surface area contributed by atoms with Gasteiger partial charge in [-0.25, -0.2) is 0 Å². The lowest BCUT2D eigenvalue weighted by Crippen LogP contribution is -2.34. The summed E-state index contributed by atoms with van der Waals surface area (Å²) in [4.78, 5) is 23.2. The van der Waals surface area contributed by atoms with E-state index < -0.39 is 27.8 Å². The second kappa shape index (κ2) is 9.90. The highest BCUT2D eigenvalue weighted by Gasteiger charge is 2.28. The molecule has 0 aliphatic rings. The molecule has 0 rings (SSSR count). The van der Waals surface area contributed by atoms with Gasteiger partial charge in [0.1, 0.15) is 12.0 Å². The Labute approximate surface area is 130 Å². The molecule has 0 saturated heterocycles. The van der Waals surface area contributed by atoms with Crippen LogP contribution in [-0.2, 0) is 14.0 Å². The zero-order valence-corrected chi connectivity index (χ0v) is 15.4. The lowest BCUT2D eigenvalue weighted by atomic mass is 10.0. The molecule has 0 fully saturated rings. The largest absolute Gasteiger partial charge is 0.481 e. The quantitative estimate of drug-likeness (QED) is 0.291. The van der Waals surface area contributed by atoms with Gasteiger partial charge in [-0.15, -0.1) is 0 Å². The first-order valence-electron chi connectivity index (χ1n) is 7.74. The van der Waals surface area contributed by atoms with E-state index in [0.29, 0.717) is 0 Å². The van der Waals surface area contributed by atoms with Crippen molar-refractivity contribution in [2.45, 2.75) is 71.4 Å². The number of hydrogen-bond donors (Lipinski definition) is 1. The van der Waals surface area contributed by atoms with Crippen LogP contribution in [0.25, 0.3) is 0 Å². The molecule has 0 aliphatic heterocycles. The van der Waals surface area contributed by atoms with Gasteiger partial charge in [-0.1, -0.05) is 52.7 Å². The summed E-state index contributed by atoms with van der Waals surface area (Å²) in [6.45, 7) is 9.79. The number of rotatable bonds is 10. The zero-order chi connectivity index (χ0) is 16.5. The average molecular weight is 314 g/mol. The fraction of sp³-hybridized carbons (Fsp3) is 0.750. The van der Waals surface area contributed by atoms with Gasteiger partial charge in [-0.2, -0.15) is 0 Å². The highest BCUT2D eigenvalue weighted by Crippen LogP contribution is 2.21. The Hall–Kier alpha value is -0.943. The van der Waals surface area contributed by atoms with E-state index in [0.717, 1.165) is 25.7 Å². The monoisotopic (exact) mass is 314 g/mol. The van der Waals surface area contributed by atoms with Crippen LogP contribution in [0.1, 0.15) is 60.3 Å². The van der Waals surface area contributed by atoms with Crippen LogP contribution in [0.4, 0.5) is 0 Å². The number of ketones is 1. The van der Waals surface area contributed by atoms with Gasteiger partial charge in [0.05, 0.1) is 0 Å². The minimum absolute atomic E-state index is 0.0705. The van der Waals surface area contributed by atoms with Crippen molar-refractivity contribution in [2.24, 2.45) is 5.92 Å². The first kappa shape index (κ1) is 20.1. The highest BCUT2D eigenvalue weighted by atomic mass is 28.2. The van der Waals surface area contributed by atoms with Crippen LogP contribution in [0.5, 0.6) is 0 Å². The first-order chi connectivity index (χ1) is 9.69. The van der Waals surface area contributed by atoms with Crippen molar-refractivity contribution < 1.29 is 19.1 Å². The third-order valence-corrected chi connectivity index (χ3v) is 4.45. The van der Waals surface area contributed by atoms with Crippen LogP contribution in [0.2, 0.25) is 5.04 Å². The molecule has 21 heavy (non-hydrogen) atoms. The van der Waals surface area contributed by atoms with Gasteiger partial charge in [0, 0.05) is 0 Å². The molecule has 0 radical (unpaired) electrons. The van der Waals surface area contributed by atoms with Crippen molar-refractivity contribution in [3.8, 4) is 0 Å². The summed E-state index contributed by atoms with van der Waals surface area (Å²) in [6, 6.07) is 0. The topological polar surface area (TPSA) is 63.6 Å². The number of carbonyl (C=O) groups is 2. The number of carboxylic acid groups (broad SMARTS) is 1. The smallest absolute Gasteiger partial charge is 0.313 e. The predicted molar refractivity (Wildman–Crippen MR) is 88.2 cm³/mol. The summed E-state index contributed by atoms with van der Waals surface area (Å²) >= 11 is 0. The number of allylic oxidation sites excluding steroid dienone is 1. The SMILES string of the molecule is CCCCCC=CC(O[SiH2]C(C)(C)C)C(=O)C(C)C(=O)O. The Bertz CT molecular complexity index is 358. The molecule has 0 bridgehead atoms. The molecule has 1 N–H and O–H groups in total. The molecule has 2 atom stereocenters. The molecule has 0 aromatic rings. The third-order valence-electron chi connectivity index (χ3n) is 3.06. The lowest BCUT2D eigenvalue weighted by Gasteiger charge is -2.22. The summed E-state index contributed by atoms with van der Waals surface area (Å²) in [7, 11) is -0.906. The Balaban J connectivity index is 4.68. The summed E-state index contributed by atoms with van der Waals surface area (Å²) in [5.41, 5.74) is 0. The summed E-state index contributed by atoms with van der Waals surface area (Å²) in [5, 5.41) is 9.05. The third kappa shape index (κ3) is 9.58. The summed E-state index contributed by atoms with van der Waals surface area (Å²) < 4.78 is 5.79. The van der Waals surface area contributed by atoms with E-state index in [1.807, 2.05) is 6.08 Å². The van der Waals surface area contributed by atoms with E-state index in [4.69, 9.17) is 9.53 Å². The van der Waals surface area contributed by atoms with Gasteiger partial charge in [0.2, 0.25) is 0 Å². The number of unbranched alkanes of at least 4 members (excludes halogenated alkanes) is 3. The van der Waals surface area contributed by atoms with Crippen LogP contribution in [0.15, 0.2) is 12.2 Å². The fourth-order valence-electron chi connectivity index (χ4n) is 1.67. The number of carboxylic acids is 1. The molecule has 0 aliphatic carbocycles. The van der Waals surface area contributed by atoms with E-state index in [1.54, 1.807) is 6.08 Å². The molecule has 0 amide bonds. The lowest BCUT2D eigenvalue weighted by molar-refractivity contribution is -0.147. The molecule has 122 valence electrons. The van der Waals surface area contributed by atoms with Crippen LogP contribution in [0, 0.1) is 5.92 Å². The second-order valence-corrected chi connectivity index (χ2v) is 9.42. The standard InChI is InChI=1S/C16H30O4Si/c1-6-7-8-9-10-11-13(20-21-16(3,4)5)14(17)12(2)15(18)19/h10-13H,6-9,21H2,1-5H3,(H,18,19). The second-order valence-electron chi connectivity index (χ2n) is 6.68. The van der Waals surface area contributed by atoms with Gasteiger partial charge < -0.3 is 9.53 Å². The molecule has 0 heterocycles. The number of Topliss-reactive ketones (excluding diaryl/α,β-unsaturated/α-hetero) is 1. The van der Waals surface area contributed by atoms with Crippen LogP contribution < -0.4 is 0 Å². The van der Waals surface area contributed by atoms with Crippen molar-refractivity contribution in [2.75, 3.05) is 0 Å². The maximum absolute atomic E-state index is 12.2. The van der Waals surface area contributed by atoms with Gasteiger partial charge in [0.25, 0.3) is 0 Å². The summed E-state index contributed by atoms with van der Waals surface area (Å²) in [6.07, 6.45) is 7.29. The Morgan fingerprint density at radius 1 is 1.29 bits per heavy atom. The molecule has 0 aromatic heterocycles. The zero-order valence-electron chi connectivity index (χ0n) is 14.0. The fourth-order valence-corrected chi connectivity index (χ4v) is 2.63. The minimum Gasteiger partial charge on any atom is -0.481 e. The Morgan fingerprint density at radius 2 is 1.90 bits per heavy atom. The maximum atomic E-state index is 12.2. The highest BCUT2D eigenvalue weighted by molar-refractivity contribution is 6.32. The normalized spacial score (nSPS) is 15.7. The molecule has 0 saturated carbocycles. The predicted octanol–water partition coefficient (Wildman–Crippen LogP) is 3.10. The van der Waals surface area contributed by atoms with Gasteiger partial charge in [-0.3, -0.25) is 9.59 Å².